The lowest BCUT2D eigenvalue weighted by molar-refractivity contribution is -0.135. The second kappa shape index (κ2) is 5.75. The maximum Gasteiger partial charge on any atom is 0.325 e. The van der Waals surface area contributed by atoms with Crippen molar-refractivity contribution in [3.8, 4) is 5.75 Å². The molecule has 7 heteroatoms. The van der Waals surface area contributed by atoms with Crippen LogP contribution in [0.5, 0.6) is 5.75 Å². The Kier molecular flexibility index (Phi) is 3.67. The molecule has 0 bridgehead atoms. The van der Waals surface area contributed by atoms with Gasteiger partial charge in [-0.25, -0.2) is 4.79 Å². The summed E-state index contributed by atoms with van der Waals surface area (Å²) in [7, 11) is 0. The smallest absolute Gasteiger partial charge is 0.325 e. The molecule has 2 atom stereocenters. The lowest BCUT2D eigenvalue weighted by Gasteiger charge is -2.27. The van der Waals surface area contributed by atoms with Gasteiger partial charge in [0.05, 0.1) is 12.6 Å². The number of rotatable bonds is 4. The average Bonchev–Trinajstić information content (AvgIpc) is 3.42. The molecule has 3 aliphatic rings. The van der Waals surface area contributed by atoms with Crippen LogP contribution in [-0.4, -0.2) is 41.4 Å². The van der Waals surface area contributed by atoms with Crippen LogP contribution in [0.25, 0.3) is 0 Å². The van der Waals surface area contributed by atoms with Crippen LogP contribution < -0.4 is 15.4 Å². The third-order valence-corrected chi connectivity index (χ3v) is 5.29. The Morgan fingerprint density at radius 1 is 1.32 bits per heavy atom. The van der Waals surface area contributed by atoms with Gasteiger partial charge in [-0.05, 0) is 31.7 Å². The van der Waals surface area contributed by atoms with E-state index in [1.165, 1.54) is 0 Å². The predicted octanol–water partition coefficient (Wildman–Crippen LogP) is 1.35. The number of carbonyl (C=O) groups excluding carboxylic acids is 3. The number of imide groups is 1. The van der Waals surface area contributed by atoms with E-state index in [1.54, 1.807) is 6.92 Å². The van der Waals surface area contributed by atoms with Crippen molar-refractivity contribution in [2.45, 2.75) is 37.8 Å². The number of nitrogens with one attached hydrogen (secondary N) is 2. The number of ether oxygens (including phenoxy) is 1. The fourth-order valence-electron chi connectivity index (χ4n) is 3.67. The first kappa shape index (κ1) is 15.9. The molecule has 25 heavy (non-hydrogen) atoms. The second-order valence-corrected chi connectivity index (χ2v) is 7.09. The molecule has 4 amide bonds. The highest BCUT2D eigenvalue weighted by atomic mass is 16.5. The summed E-state index contributed by atoms with van der Waals surface area (Å²) < 4.78 is 5.58. The van der Waals surface area contributed by atoms with E-state index < -0.39 is 11.6 Å². The van der Waals surface area contributed by atoms with Gasteiger partial charge in [-0.2, -0.15) is 0 Å². The molecule has 0 aromatic heterocycles. The number of fused-ring (bicyclic) bond motifs is 1. The largest absolute Gasteiger partial charge is 0.493 e. The van der Waals surface area contributed by atoms with E-state index >= 15 is 0 Å². The van der Waals surface area contributed by atoms with Crippen LogP contribution in [0.3, 0.4) is 0 Å². The maximum atomic E-state index is 12.6. The first-order chi connectivity index (χ1) is 12.0. The third-order valence-electron chi connectivity index (χ3n) is 5.29. The quantitative estimate of drug-likeness (QED) is 0.808. The van der Waals surface area contributed by atoms with Gasteiger partial charge in [-0.15, -0.1) is 0 Å². The molecule has 0 radical (unpaired) electrons. The van der Waals surface area contributed by atoms with Crippen molar-refractivity contribution in [1.82, 2.24) is 15.5 Å². The Hall–Kier alpha value is -2.57. The molecule has 2 N–H and O–H groups in total. The minimum absolute atomic E-state index is 0.173. The number of para-hydroxylation sites is 1. The van der Waals surface area contributed by atoms with Crippen molar-refractivity contribution in [1.29, 1.82) is 0 Å². The highest BCUT2D eigenvalue weighted by Gasteiger charge is 2.56. The number of carbonyl (C=O) groups is 3. The van der Waals surface area contributed by atoms with Gasteiger partial charge in [-0.3, -0.25) is 14.5 Å². The number of hydrogen-bond acceptors (Lipinski definition) is 4. The first-order valence-electron chi connectivity index (χ1n) is 8.64. The van der Waals surface area contributed by atoms with Gasteiger partial charge >= 0.3 is 6.03 Å². The molecule has 4 rings (SSSR count). The second-order valence-electron chi connectivity index (χ2n) is 7.09. The predicted molar refractivity (Wildman–Crippen MR) is 88.8 cm³/mol. The summed E-state index contributed by atoms with van der Waals surface area (Å²) in [6.45, 7) is 2.01. The molecule has 132 valence electrons. The third kappa shape index (κ3) is 2.73. The molecule has 2 heterocycles. The van der Waals surface area contributed by atoms with Crippen LogP contribution in [0.2, 0.25) is 0 Å². The standard InChI is InChI=1S/C18H21N3O4/c1-18(11-6-7-11)16(23)21(17(24)20-18)10-15(22)19-13-8-9-25-14-5-3-2-4-12(13)14/h2-5,11,13H,6-10H2,1H3,(H,19,22)(H,20,24)/t13-,18-/m1/s1. The van der Waals surface area contributed by atoms with Crippen molar-refractivity contribution in [2.24, 2.45) is 5.92 Å². The van der Waals surface area contributed by atoms with Crippen molar-refractivity contribution in [3.05, 3.63) is 29.8 Å². The lowest BCUT2D eigenvalue weighted by Crippen LogP contribution is -2.47. The molecular formula is C18H21N3O4. The monoisotopic (exact) mass is 343 g/mol. The Morgan fingerprint density at radius 2 is 2.08 bits per heavy atom. The molecule has 1 aromatic carbocycles. The van der Waals surface area contributed by atoms with E-state index in [0.29, 0.717) is 13.0 Å². The fraction of sp³-hybridized carbons (Fsp3) is 0.500. The average molecular weight is 343 g/mol. The van der Waals surface area contributed by atoms with Crippen LogP contribution in [0.1, 0.15) is 37.8 Å². The molecule has 1 saturated heterocycles. The summed E-state index contributed by atoms with van der Waals surface area (Å²) >= 11 is 0. The molecule has 1 aromatic rings. The van der Waals surface area contributed by atoms with Gasteiger partial charge < -0.3 is 15.4 Å². The van der Waals surface area contributed by atoms with E-state index in [4.69, 9.17) is 4.74 Å². The van der Waals surface area contributed by atoms with Gasteiger partial charge in [-0.1, -0.05) is 18.2 Å². The Bertz CT molecular complexity index is 746. The van der Waals surface area contributed by atoms with Crippen molar-refractivity contribution < 1.29 is 19.1 Å². The minimum atomic E-state index is -0.858. The minimum Gasteiger partial charge on any atom is -0.493 e. The van der Waals surface area contributed by atoms with E-state index in [2.05, 4.69) is 10.6 Å². The summed E-state index contributed by atoms with van der Waals surface area (Å²) in [5.74, 6) is 0.294. The van der Waals surface area contributed by atoms with E-state index in [-0.39, 0.29) is 30.3 Å². The first-order valence-corrected chi connectivity index (χ1v) is 8.64. The maximum absolute atomic E-state index is 12.6. The molecule has 7 nitrogen and oxygen atoms in total. The Labute approximate surface area is 145 Å². The molecule has 2 aliphatic heterocycles. The van der Waals surface area contributed by atoms with Crippen LogP contribution in [-0.2, 0) is 9.59 Å². The van der Waals surface area contributed by atoms with Crippen LogP contribution >= 0.6 is 0 Å². The highest BCUT2D eigenvalue weighted by Crippen LogP contribution is 2.42. The normalized spacial score (nSPS) is 28.2. The Morgan fingerprint density at radius 3 is 2.84 bits per heavy atom. The molecule has 0 unspecified atom stereocenters. The lowest BCUT2D eigenvalue weighted by atomic mass is 9.96. The van der Waals surface area contributed by atoms with E-state index in [9.17, 15) is 14.4 Å². The van der Waals surface area contributed by atoms with Crippen molar-refractivity contribution >= 4 is 17.8 Å². The van der Waals surface area contributed by atoms with Crippen molar-refractivity contribution in [2.75, 3.05) is 13.2 Å². The molecule has 0 spiro atoms. The van der Waals surface area contributed by atoms with Gasteiger partial charge in [0, 0.05) is 12.0 Å². The summed E-state index contributed by atoms with van der Waals surface area (Å²) in [4.78, 5) is 38.2. The molecule has 2 fully saturated rings. The van der Waals surface area contributed by atoms with Gasteiger partial charge in [0.15, 0.2) is 0 Å². The fourth-order valence-corrected chi connectivity index (χ4v) is 3.67. The summed E-state index contributed by atoms with van der Waals surface area (Å²) in [6, 6.07) is 6.90. The van der Waals surface area contributed by atoms with Crippen LogP contribution in [0, 0.1) is 5.92 Å². The van der Waals surface area contributed by atoms with Crippen LogP contribution in [0.15, 0.2) is 24.3 Å². The molecule has 1 aliphatic carbocycles. The zero-order chi connectivity index (χ0) is 17.6. The summed E-state index contributed by atoms with van der Waals surface area (Å²) in [5, 5.41) is 5.68. The topological polar surface area (TPSA) is 87.7 Å². The number of hydrogen-bond donors (Lipinski definition) is 2. The zero-order valence-corrected chi connectivity index (χ0v) is 14.1. The molecular weight excluding hydrogens is 322 g/mol. The van der Waals surface area contributed by atoms with Crippen molar-refractivity contribution in [3.63, 3.8) is 0 Å². The zero-order valence-electron chi connectivity index (χ0n) is 14.1. The number of nitrogens with zero attached hydrogens (tertiary/aromatic N) is 1. The number of benzene rings is 1. The van der Waals surface area contributed by atoms with E-state index in [0.717, 1.165) is 29.1 Å². The highest BCUT2D eigenvalue weighted by molar-refractivity contribution is 6.09. The summed E-state index contributed by atoms with van der Waals surface area (Å²) in [6.07, 6.45) is 2.52. The molecule has 1 saturated carbocycles. The number of amides is 4. The van der Waals surface area contributed by atoms with Crippen LogP contribution in [0.4, 0.5) is 4.79 Å². The van der Waals surface area contributed by atoms with E-state index in [1.807, 2.05) is 24.3 Å². The SMILES string of the molecule is C[C@]1(C2CC2)NC(=O)N(CC(=O)N[C@@H]2CCOc3ccccc32)C1=O. The Balaban J connectivity index is 1.43. The van der Waals surface area contributed by atoms with Gasteiger partial charge in [0.2, 0.25) is 5.91 Å². The van der Waals surface area contributed by atoms with Gasteiger partial charge in [0.1, 0.15) is 17.8 Å². The van der Waals surface area contributed by atoms with Gasteiger partial charge in [0.25, 0.3) is 5.91 Å². The number of urea groups is 1. The summed E-state index contributed by atoms with van der Waals surface area (Å²) in [5.41, 5.74) is 0.0601.